The van der Waals surface area contributed by atoms with E-state index in [2.05, 4.69) is 13.8 Å². The van der Waals surface area contributed by atoms with Gasteiger partial charge in [-0.25, -0.2) is 0 Å². The van der Waals surface area contributed by atoms with Crippen molar-refractivity contribution >= 4 is 0 Å². The lowest BCUT2D eigenvalue weighted by Gasteiger charge is -2.56. The van der Waals surface area contributed by atoms with Crippen molar-refractivity contribution in [2.24, 2.45) is 16.6 Å². The number of rotatable bonds is 0. The smallest absolute Gasteiger partial charge is 0.0696 e. The van der Waals surface area contributed by atoms with Gasteiger partial charge >= 0.3 is 0 Å². The highest BCUT2D eigenvalue weighted by Crippen LogP contribution is 2.58. The standard InChI is InChI=1S/C12H23NO/c1-11-5-3-4-6-12(11,2)8-10(14)9(13)7-11/h9-10,14H,3-8,13H2,1-2H3. The van der Waals surface area contributed by atoms with Crippen molar-refractivity contribution in [3.05, 3.63) is 0 Å². The van der Waals surface area contributed by atoms with Crippen LogP contribution in [0.25, 0.3) is 0 Å². The average Bonchev–Trinajstić information content (AvgIpc) is 2.09. The van der Waals surface area contributed by atoms with Crippen molar-refractivity contribution in [3.63, 3.8) is 0 Å². The molecule has 0 aromatic carbocycles. The van der Waals surface area contributed by atoms with Gasteiger partial charge in [0.1, 0.15) is 0 Å². The Bertz CT molecular complexity index is 206. The second kappa shape index (κ2) is 3.21. The molecule has 0 heterocycles. The Morgan fingerprint density at radius 3 is 2.14 bits per heavy atom. The van der Waals surface area contributed by atoms with E-state index in [0.29, 0.717) is 10.8 Å². The van der Waals surface area contributed by atoms with Gasteiger partial charge in [-0.2, -0.15) is 0 Å². The molecule has 0 aromatic heterocycles. The molecule has 0 bridgehead atoms. The number of aliphatic hydroxyl groups is 1. The Labute approximate surface area is 86.9 Å². The molecule has 0 spiro atoms. The van der Waals surface area contributed by atoms with Gasteiger partial charge in [0, 0.05) is 6.04 Å². The lowest BCUT2D eigenvalue weighted by Crippen LogP contribution is -2.55. The molecular weight excluding hydrogens is 174 g/mol. The first-order valence-corrected chi connectivity index (χ1v) is 5.91. The predicted octanol–water partition coefficient (Wildman–Crippen LogP) is 2.05. The quantitative estimate of drug-likeness (QED) is 0.624. The van der Waals surface area contributed by atoms with Crippen LogP contribution in [0.3, 0.4) is 0 Å². The zero-order valence-electron chi connectivity index (χ0n) is 9.42. The summed E-state index contributed by atoms with van der Waals surface area (Å²) in [5.74, 6) is 0. The highest BCUT2D eigenvalue weighted by atomic mass is 16.3. The molecule has 14 heavy (non-hydrogen) atoms. The summed E-state index contributed by atoms with van der Waals surface area (Å²) < 4.78 is 0. The molecule has 2 heteroatoms. The molecule has 2 aliphatic rings. The lowest BCUT2D eigenvalue weighted by molar-refractivity contribution is -0.0856. The number of nitrogens with two attached hydrogens (primary N) is 1. The fourth-order valence-electron chi connectivity index (χ4n) is 3.60. The molecule has 4 atom stereocenters. The first-order valence-electron chi connectivity index (χ1n) is 5.91. The van der Waals surface area contributed by atoms with Crippen molar-refractivity contribution in [3.8, 4) is 0 Å². The minimum Gasteiger partial charge on any atom is -0.391 e. The van der Waals surface area contributed by atoms with Gasteiger partial charge in [-0.1, -0.05) is 26.7 Å². The maximum absolute atomic E-state index is 9.87. The molecule has 2 nitrogen and oxygen atoms in total. The zero-order chi connectivity index (χ0) is 10.4. The third-order valence-corrected chi connectivity index (χ3v) is 5.00. The van der Waals surface area contributed by atoms with Crippen LogP contribution < -0.4 is 5.73 Å². The van der Waals surface area contributed by atoms with Gasteiger partial charge in [0.2, 0.25) is 0 Å². The van der Waals surface area contributed by atoms with Gasteiger partial charge < -0.3 is 10.8 Å². The highest BCUT2D eigenvalue weighted by Gasteiger charge is 2.51. The molecule has 2 fully saturated rings. The van der Waals surface area contributed by atoms with Crippen LogP contribution in [-0.4, -0.2) is 17.3 Å². The van der Waals surface area contributed by atoms with Crippen LogP contribution in [0.5, 0.6) is 0 Å². The first-order chi connectivity index (χ1) is 6.47. The Hall–Kier alpha value is -0.0800. The van der Waals surface area contributed by atoms with Crippen molar-refractivity contribution in [1.82, 2.24) is 0 Å². The van der Waals surface area contributed by atoms with E-state index in [1.54, 1.807) is 0 Å². The summed E-state index contributed by atoms with van der Waals surface area (Å²) in [7, 11) is 0. The summed E-state index contributed by atoms with van der Waals surface area (Å²) in [6.07, 6.45) is 6.88. The zero-order valence-corrected chi connectivity index (χ0v) is 9.42. The monoisotopic (exact) mass is 197 g/mol. The van der Waals surface area contributed by atoms with E-state index in [1.807, 2.05) is 0 Å². The van der Waals surface area contributed by atoms with E-state index < -0.39 is 0 Å². The minimum absolute atomic E-state index is 0.00572. The Morgan fingerprint density at radius 1 is 1.07 bits per heavy atom. The van der Waals surface area contributed by atoms with E-state index in [9.17, 15) is 5.11 Å². The van der Waals surface area contributed by atoms with Crippen molar-refractivity contribution in [2.75, 3.05) is 0 Å². The first kappa shape index (κ1) is 10.4. The summed E-state index contributed by atoms with van der Waals surface area (Å²) in [5, 5.41) is 9.87. The van der Waals surface area contributed by atoms with E-state index in [0.717, 1.165) is 12.8 Å². The average molecular weight is 197 g/mol. The van der Waals surface area contributed by atoms with Crippen LogP contribution in [0.15, 0.2) is 0 Å². The molecule has 0 saturated heterocycles. The van der Waals surface area contributed by atoms with Crippen LogP contribution in [-0.2, 0) is 0 Å². The molecule has 3 N–H and O–H groups in total. The number of hydrogen-bond acceptors (Lipinski definition) is 2. The summed E-state index contributed by atoms with van der Waals surface area (Å²) >= 11 is 0. The van der Waals surface area contributed by atoms with Gasteiger partial charge in [0.15, 0.2) is 0 Å². The molecule has 0 aliphatic heterocycles. The SMILES string of the molecule is CC12CCCCC1(C)CC(O)C(N)C2. The molecule has 0 aromatic rings. The third-order valence-electron chi connectivity index (χ3n) is 5.00. The van der Waals surface area contributed by atoms with Crippen LogP contribution in [0.1, 0.15) is 52.4 Å². The van der Waals surface area contributed by atoms with E-state index in [4.69, 9.17) is 5.73 Å². The van der Waals surface area contributed by atoms with Gasteiger partial charge in [0.05, 0.1) is 6.10 Å². The fraction of sp³-hybridized carbons (Fsp3) is 1.00. The lowest BCUT2D eigenvalue weighted by atomic mass is 9.50. The summed E-state index contributed by atoms with van der Waals surface area (Å²) in [6, 6.07) is 0.00572. The molecule has 2 saturated carbocycles. The van der Waals surface area contributed by atoms with Gasteiger partial charge in [0.25, 0.3) is 0 Å². The highest BCUT2D eigenvalue weighted by molar-refractivity contribution is 5.03. The van der Waals surface area contributed by atoms with Gasteiger partial charge in [-0.05, 0) is 36.5 Å². The summed E-state index contributed by atoms with van der Waals surface area (Å²) in [4.78, 5) is 0. The van der Waals surface area contributed by atoms with E-state index in [-0.39, 0.29) is 12.1 Å². The number of hydrogen-bond donors (Lipinski definition) is 2. The number of fused-ring (bicyclic) bond motifs is 1. The third kappa shape index (κ3) is 1.40. The van der Waals surface area contributed by atoms with Crippen molar-refractivity contribution in [2.45, 2.75) is 64.5 Å². The molecule has 4 unspecified atom stereocenters. The predicted molar refractivity (Wildman–Crippen MR) is 57.9 cm³/mol. The minimum atomic E-state index is -0.272. The van der Waals surface area contributed by atoms with Crippen molar-refractivity contribution in [1.29, 1.82) is 0 Å². The molecule has 2 aliphatic carbocycles. The normalized spacial score (nSPS) is 54.0. The molecule has 82 valence electrons. The fourth-order valence-corrected chi connectivity index (χ4v) is 3.60. The van der Waals surface area contributed by atoms with Gasteiger partial charge in [-0.3, -0.25) is 0 Å². The second-order valence-corrected chi connectivity index (χ2v) is 5.97. The Kier molecular flexibility index (Phi) is 2.39. The molecule has 2 rings (SSSR count). The topological polar surface area (TPSA) is 46.2 Å². The van der Waals surface area contributed by atoms with E-state index in [1.165, 1.54) is 25.7 Å². The van der Waals surface area contributed by atoms with Gasteiger partial charge in [-0.15, -0.1) is 0 Å². The Morgan fingerprint density at radius 2 is 1.57 bits per heavy atom. The maximum atomic E-state index is 9.87. The second-order valence-electron chi connectivity index (χ2n) is 5.97. The largest absolute Gasteiger partial charge is 0.391 e. The van der Waals surface area contributed by atoms with Crippen LogP contribution >= 0.6 is 0 Å². The van der Waals surface area contributed by atoms with Crippen LogP contribution in [0, 0.1) is 10.8 Å². The maximum Gasteiger partial charge on any atom is 0.0696 e. The number of aliphatic hydroxyl groups excluding tert-OH is 1. The van der Waals surface area contributed by atoms with Crippen LogP contribution in [0.2, 0.25) is 0 Å². The molecule has 0 radical (unpaired) electrons. The summed E-state index contributed by atoms with van der Waals surface area (Å²) in [5.41, 5.74) is 6.69. The summed E-state index contributed by atoms with van der Waals surface area (Å²) in [6.45, 7) is 4.72. The Balaban J connectivity index is 2.23. The molecular formula is C12H23NO. The van der Waals surface area contributed by atoms with E-state index >= 15 is 0 Å². The molecule has 0 amide bonds. The van der Waals surface area contributed by atoms with Crippen LogP contribution in [0.4, 0.5) is 0 Å². The van der Waals surface area contributed by atoms with Crippen molar-refractivity contribution < 1.29 is 5.11 Å².